The molecule has 0 fully saturated rings. The minimum Gasteiger partial charge on any atom is -0.457 e. The van der Waals surface area contributed by atoms with E-state index < -0.39 is 5.41 Å². The number of para-hydroxylation sites is 4. The summed E-state index contributed by atoms with van der Waals surface area (Å²) in [7, 11) is 0. The van der Waals surface area contributed by atoms with Crippen LogP contribution in [-0.2, 0) is 16.2 Å². The molecule has 0 bridgehead atoms. The topological polar surface area (TPSA) is 41.5 Å². The number of hydrogen-bond donors (Lipinski definition) is 0. The molecule has 5 nitrogen and oxygen atoms in total. The number of fused-ring (bicyclic) bond motifs is 13. The Morgan fingerprint density at radius 2 is 0.724 bits per heavy atom. The van der Waals surface area contributed by atoms with Crippen molar-refractivity contribution < 1.29 is 4.74 Å². The second-order valence-corrected chi connectivity index (χ2v) is 17.0. The Hall–Kier alpha value is -6.98. The highest BCUT2D eigenvalue weighted by molar-refractivity contribution is 5.91. The fourth-order valence-corrected chi connectivity index (χ4v) is 10.8. The van der Waals surface area contributed by atoms with Crippen LogP contribution in [0.15, 0.2) is 170 Å². The largest absolute Gasteiger partial charge is 0.457 e. The van der Waals surface area contributed by atoms with Gasteiger partial charge in [-0.15, -0.1) is 0 Å². The zero-order valence-electron chi connectivity index (χ0n) is 32.9. The molecule has 1 aliphatic carbocycles. The molecule has 4 aliphatic rings. The van der Waals surface area contributed by atoms with E-state index in [2.05, 4.69) is 195 Å². The third kappa shape index (κ3) is 4.15. The fourth-order valence-electron chi connectivity index (χ4n) is 10.8. The summed E-state index contributed by atoms with van der Waals surface area (Å²) in [4.78, 5) is 15.0. The monoisotopic (exact) mass is 748 g/mol. The van der Waals surface area contributed by atoms with Crippen molar-refractivity contribution in [3.05, 3.63) is 215 Å². The second kappa shape index (κ2) is 11.5. The van der Waals surface area contributed by atoms with Crippen molar-refractivity contribution >= 4 is 34.1 Å². The Labute approximate surface area is 338 Å². The van der Waals surface area contributed by atoms with Crippen LogP contribution in [0.25, 0.3) is 11.4 Å². The van der Waals surface area contributed by atoms with Crippen molar-refractivity contribution in [1.82, 2.24) is 9.97 Å². The van der Waals surface area contributed by atoms with Gasteiger partial charge in [0.2, 0.25) is 0 Å². The summed E-state index contributed by atoms with van der Waals surface area (Å²) >= 11 is 0. The zero-order chi connectivity index (χ0) is 39.0. The fraction of sp³-hybridized carbons (Fsp3) is 0.132. The standard InChI is InChI=1S/C53H40N4O/c1-51(2)35-15-5-9-21-43(35)56(44-22-10-6-16-36(44)51)33-25-27-47-41(31-33)53(39-19-13-29-54-49(39)50-40(53)20-14-30-55-50)42-32-34(26-28-48(42)58-47)57-45-23-11-7-17-37(45)52(3,4)38-18-8-12-24-46(38)57/h5-32H,1-4H3. The molecule has 2 aromatic heterocycles. The molecule has 0 saturated heterocycles. The molecular weight excluding hydrogens is 709 g/mol. The van der Waals surface area contributed by atoms with Gasteiger partial charge < -0.3 is 14.5 Å². The lowest BCUT2D eigenvalue weighted by Crippen LogP contribution is -2.34. The van der Waals surface area contributed by atoms with Gasteiger partial charge in [-0.05, 0) is 106 Å². The van der Waals surface area contributed by atoms with Gasteiger partial charge in [-0.2, -0.15) is 0 Å². The summed E-state index contributed by atoms with van der Waals surface area (Å²) in [6.07, 6.45) is 3.77. The first kappa shape index (κ1) is 33.2. The molecule has 0 amide bonds. The maximum atomic E-state index is 7.05. The van der Waals surface area contributed by atoms with Gasteiger partial charge in [-0.3, -0.25) is 9.97 Å². The molecule has 5 heteroatoms. The van der Waals surface area contributed by atoms with Crippen LogP contribution in [0.2, 0.25) is 0 Å². The lowest BCUT2D eigenvalue weighted by atomic mass is 9.66. The Bertz CT molecular complexity index is 2730. The smallest absolute Gasteiger partial charge is 0.132 e. The predicted octanol–water partition coefficient (Wildman–Crippen LogP) is 13.2. The van der Waals surface area contributed by atoms with Crippen LogP contribution in [0.4, 0.5) is 34.1 Å². The van der Waals surface area contributed by atoms with Crippen LogP contribution in [0, 0.1) is 0 Å². The molecule has 278 valence electrons. The molecule has 3 aliphatic heterocycles. The number of nitrogens with zero attached hydrogens (tertiary/aromatic N) is 4. The Morgan fingerprint density at radius 1 is 0.379 bits per heavy atom. The van der Waals surface area contributed by atoms with Crippen LogP contribution in [-0.4, -0.2) is 9.97 Å². The number of anilines is 6. The summed E-state index contributed by atoms with van der Waals surface area (Å²) in [5, 5.41) is 0. The molecule has 5 heterocycles. The number of benzene rings is 6. The van der Waals surface area contributed by atoms with Crippen LogP contribution >= 0.6 is 0 Å². The average molecular weight is 749 g/mol. The Kier molecular flexibility index (Phi) is 6.61. The molecule has 0 unspecified atom stereocenters. The first-order valence-electron chi connectivity index (χ1n) is 20.2. The molecule has 58 heavy (non-hydrogen) atoms. The van der Waals surface area contributed by atoms with Crippen molar-refractivity contribution in [2.45, 2.75) is 43.9 Å². The van der Waals surface area contributed by atoms with Crippen molar-refractivity contribution in [1.29, 1.82) is 0 Å². The van der Waals surface area contributed by atoms with Crippen LogP contribution in [0.5, 0.6) is 11.5 Å². The number of pyridine rings is 2. The molecule has 0 atom stereocenters. The number of ether oxygens (including phenoxy) is 1. The molecule has 1 spiro atoms. The van der Waals surface area contributed by atoms with E-state index in [1.165, 1.54) is 45.0 Å². The van der Waals surface area contributed by atoms with Crippen LogP contribution in [0.1, 0.15) is 72.2 Å². The Balaban J connectivity index is 1.14. The van der Waals surface area contributed by atoms with Crippen molar-refractivity contribution in [3.8, 4) is 22.9 Å². The number of rotatable bonds is 2. The SMILES string of the molecule is CC1(C)c2ccccc2N(c2ccc3c(c2)C2(c4cc(N5c6ccccc6C(C)(C)c6ccccc65)ccc4O3)c3cccnc3-c3ncccc32)c2ccccc21. The van der Waals surface area contributed by atoms with E-state index in [0.29, 0.717) is 0 Å². The van der Waals surface area contributed by atoms with Crippen LogP contribution in [0.3, 0.4) is 0 Å². The minimum absolute atomic E-state index is 0.168. The summed E-state index contributed by atoms with van der Waals surface area (Å²) in [6.45, 7) is 9.33. The minimum atomic E-state index is -0.774. The summed E-state index contributed by atoms with van der Waals surface area (Å²) in [5.41, 5.74) is 17.1. The Morgan fingerprint density at radius 3 is 1.10 bits per heavy atom. The first-order valence-corrected chi connectivity index (χ1v) is 20.2. The van der Waals surface area contributed by atoms with Crippen LogP contribution < -0.4 is 14.5 Å². The van der Waals surface area contributed by atoms with E-state index in [9.17, 15) is 0 Å². The first-order chi connectivity index (χ1) is 28.3. The van der Waals surface area contributed by atoms with Gasteiger partial charge in [0.05, 0.1) is 39.6 Å². The van der Waals surface area contributed by atoms with Gasteiger partial charge in [0.25, 0.3) is 0 Å². The highest BCUT2D eigenvalue weighted by Gasteiger charge is 2.53. The van der Waals surface area contributed by atoms with E-state index >= 15 is 0 Å². The molecule has 0 radical (unpaired) electrons. The van der Waals surface area contributed by atoms with E-state index in [1.807, 2.05) is 12.4 Å². The van der Waals surface area contributed by atoms with Gasteiger partial charge in [0.15, 0.2) is 0 Å². The molecule has 6 aromatic carbocycles. The summed E-state index contributed by atoms with van der Waals surface area (Å²) in [5.74, 6) is 1.65. The molecular formula is C53H40N4O. The maximum Gasteiger partial charge on any atom is 0.132 e. The van der Waals surface area contributed by atoms with Crippen molar-refractivity contribution in [2.24, 2.45) is 0 Å². The highest BCUT2D eigenvalue weighted by atomic mass is 16.5. The van der Waals surface area contributed by atoms with E-state index in [1.54, 1.807) is 0 Å². The highest BCUT2D eigenvalue weighted by Crippen LogP contribution is 2.63. The van der Waals surface area contributed by atoms with Crippen molar-refractivity contribution in [2.75, 3.05) is 9.80 Å². The van der Waals surface area contributed by atoms with E-state index in [-0.39, 0.29) is 10.8 Å². The van der Waals surface area contributed by atoms with Crippen molar-refractivity contribution in [3.63, 3.8) is 0 Å². The molecule has 0 saturated carbocycles. The number of aromatic nitrogens is 2. The zero-order valence-corrected chi connectivity index (χ0v) is 32.9. The van der Waals surface area contributed by atoms with E-state index in [4.69, 9.17) is 14.7 Å². The third-order valence-corrected chi connectivity index (χ3v) is 13.4. The summed E-state index contributed by atoms with van der Waals surface area (Å²) in [6, 6.07) is 57.4. The quantitative estimate of drug-likeness (QED) is 0.176. The third-order valence-electron chi connectivity index (χ3n) is 13.4. The van der Waals surface area contributed by atoms with Gasteiger partial charge in [-0.25, -0.2) is 0 Å². The van der Waals surface area contributed by atoms with E-state index in [0.717, 1.165) is 56.5 Å². The van der Waals surface area contributed by atoms with Gasteiger partial charge in [-0.1, -0.05) is 113 Å². The maximum absolute atomic E-state index is 7.05. The predicted molar refractivity (Wildman–Crippen MR) is 233 cm³/mol. The second-order valence-electron chi connectivity index (χ2n) is 17.0. The molecule has 0 N–H and O–H groups in total. The van der Waals surface area contributed by atoms with Gasteiger partial charge in [0.1, 0.15) is 11.5 Å². The van der Waals surface area contributed by atoms with Gasteiger partial charge >= 0.3 is 0 Å². The summed E-state index contributed by atoms with van der Waals surface area (Å²) < 4.78 is 7.05. The normalized spacial score (nSPS) is 16.4. The lowest BCUT2D eigenvalue weighted by molar-refractivity contribution is 0.436. The number of hydrogen-bond acceptors (Lipinski definition) is 5. The molecule has 12 rings (SSSR count). The van der Waals surface area contributed by atoms with Gasteiger partial charge in [0, 0.05) is 45.7 Å². The molecule has 8 aromatic rings. The lowest BCUT2D eigenvalue weighted by Gasteiger charge is -2.44. The average Bonchev–Trinajstić information content (AvgIpc) is 3.55.